The summed E-state index contributed by atoms with van der Waals surface area (Å²) in [4.78, 5) is 44.0. The van der Waals surface area contributed by atoms with E-state index in [0.29, 0.717) is 51.1 Å². The van der Waals surface area contributed by atoms with Crippen LogP contribution in [0.1, 0.15) is 55.3 Å². The SMILES string of the molecule is COC(=O)CCCCN1C(=O)[C@]2(O[C@H](CCn3cc(C(CO)c4ccccc4)nn3)[C@@H]([Si](C)(C)c3ccc(OC)cc3)[C@@H]2C)c2cc(N3CCNCC3=O)ccc21. The number of aliphatic hydroxyl groups is 1. The first-order chi connectivity index (χ1) is 27.5. The number of amides is 2. The number of aromatic nitrogens is 3. The van der Waals surface area contributed by atoms with Crippen molar-refractivity contribution in [1.82, 2.24) is 20.3 Å². The number of esters is 1. The van der Waals surface area contributed by atoms with Crippen molar-refractivity contribution in [3.63, 3.8) is 0 Å². The Hall–Kier alpha value is -4.89. The average molecular weight is 795 g/mol. The number of ether oxygens (including phenoxy) is 3. The Morgan fingerprint density at radius 3 is 2.53 bits per heavy atom. The lowest BCUT2D eigenvalue weighted by atomic mass is 9.82. The smallest absolute Gasteiger partial charge is 0.305 e. The van der Waals surface area contributed by atoms with Crippen LogP contribution in [-0.2, 0) is 36.0 Å². The second-order valence-corrected chi connectivity index (χ2v) is 20.6. The molecule has 3 aliphatic rings. The Morgan fingerprint density at radius 2 is 1.82 bits per heavy atom. The quantitative estimate of drug-likeness (QED) is 0.101. The molecule has 1 aromatic heterocycles. The van der Waals surface area contributed by atoms with Crippen molar-refractivity contribution in [1.29, 1.82) is 0 Å². The maximum atomic E-state index is 15.3. The van der Waals surface area contributed by atoms with Gasteiger partial charge in [0, 0.05) is 56.0 Å². The van der Waals surface area contributed by atoms with Crippen LogP contribution in [0.15, 0.2) is 79.0 Å². The Bertz CT molecular complexity index is 2060. The molecule has 4 aromatic rings. The van der Waals surface area contributed by atoms with Gasteiger partial charge >= 0.3 is 5.97 Å². The number of aliphatic hydroxyl groups excluding tert-OH is 1. The molecule has 57 heavy (non-hydrogen) atoms. The van der Waals surface area contributed by atoms with E-state index in [4.69, 9.17) is 14.2 Å². The number of hydrogen-bond donors (Lipinski definition) is 2. The van der Waals surface area contributed by atoms with Crippen molar-refractivity contribution < 1.29 is 33.7 Å². The zero-order valence-corrected chi connectivity index (χ0v) is 34.5. The fourth-order valence-corrected chi connectivity index (χ4v) is 13.4. The summed E-state index contributed by atoms with van der Waals surface area (Å²) in [6, 6.07) is 24.0. The van der Waals surface area contributed by atoms with Gasteiger partial charge in [0.2, 0.25) is 5.91 Å². The van der Waals surface area contributed by atoms with Gasteiger partial charge in [-0.2, -0.15) is 0 Å². The van der Waals surface area contributed by atoms with Crippen LogP contribution in [0, 0.1) is 5.92 Å². The molecule has 3 aliphatic heterocycles. The topological polar surface area (TPSA) is 148 Å². The molecule has 1 unspecified atom stereocenters. The number of piperazine rings is 1. The molecule has 2 saturated heterocycles. The van der Waals surface area contributed by atoms with Gasteiger partial charge in [-0.15, -0.1) is 5.10 Å². The van der Waals surface area contributed by atoms with E-state index in [2.05, 4.69) is 47.8 Å². The van der Waals surface area contributed by atoms with Gasteiger partial charge in [-0.1, -0.05) is 72.9 Å². The summed E-state index contributed by atoms with van der Waals surface area (Å²) < 4.78 is 19.6. The van der Waals surface area contributed by atoms with Crippen LogP contribution in [0.5, 0.6) is 5.75 Å². The number of carbonyl (C=O) groups is 3. The summed E-state index contributed by atoms with van der Waals surface area (Å²) >= 11 is 0. The first-order valence-corrected chi connectivity index (χ1v) is 23.0. The molecular weight excluding hydrogens is 741 g/mol. The number of unbranched alkanes of at least 4 members (excludes halogenated alkanes) is 1. The Kier molecular flexibility index (Phi) is 12.0. The average Bonchev–Trinajstić information content (AvgIpc) is 3.89. The highest BCUT2D eigenvalue weighted by Crippen LogP contribution is 2.60. The molecular formula is C43H54N6O7Si. The van der Waals surface area contributed by atoms with Gasteiger partial charge in [0.25, 0.3) is 5.91 Å². The van der Waals surface area contributed by atoms with E-state index in [0.717, 1.165) is 28.3 Å². The molecule has 0 radical (unpaired) electrons. The third-order valence-electron chi connectivity index (χ3n) is 12.4. The number of rotatable bonds is 15. The second-order valence-electron chi connectivity index (χ2n) is 15.9. The largest absolute Gasteiger partial charge is 0.497 e. The minimum atomic E-state index is -2.43. The van der Waals surface area contributed by atoms with Gasteiger partial charge in [-0.05, 0) is 60.7 Å². The van der Waals surface area contributed by atoms with Crippen LogP contribution < -0.4 is 25.0 Å². The minimum absolute atomic E-state index is 0.0102. The van der Waals surface area contributed by atoms with Crippen LogP contribution >= 0.6 is 0 Å². The highest BCUT2D eigenvalue weighted by molar-refractivity contribution is 6.91. The van der Waals surface area contributed by atoms with Crippen LogP contribution in [0.3, 0.4) is 0 Å². The highest BCUT2D eigenvalue weighted by atomic mass is 28.3. The molecule has 7 rings (SSSR count). The van der Waals surface area contributed by atoms with E-state index >= 15 is 4.79 Å². The fraction of sp³-hybridized carbons (Fsp3) is 0.465. The molecule has 14 heteroatoms. The summed E-state index contributed by atoms with van der Waals surface area (Å²) in [5, 5.41) is 23.7. The molecule has 4 heterocycles. The normalized spacial score (nSPS) is 22.6. The number of nitrogens with one attached hydrogen (secondary N) is 1. The third kappa shape index (κ3) is 7.63. The number of anilines is 2. The molecule has 13 nitrogen and oxygen atoms in total. The number of aryl methyl sites for hydroxylation is 1. The number of methoxy groups -OCH3 is 2. The van der Waals surface area contributed by atoms with Crippen LogP contribution in [0.4, 0.5) is 11.4 Å². The molecule has 0 aliphatic carbocycles. The van der Waals surface area contributed by atoms with Crippen molar-refractivity contribution in [3.05, 3.63) is 95.8 Å². The van der Waals surface area contributed by atoms with Crippen molar-refractivity contribution in [2.24, 2.45) is 5.92 Å². The Labute approximate surface area is 335 Å². The molecule has 2 N–H and O–H groups in total. The number of fused-ring (bicyclic) bond motifs is 2. The second kappa shape index (κ2) is 16.9. The summed E-state index contributed by atoms with van der Waals surface area (Å²) in [5.74, 6) is -0.177. The highest BCUT2D eigenvalue weighted by Gasteiger charge is 2.66. The van der Waals surface area contributed by atoms with Crippen LogP contribution in [-0.4, -0.2) is 99.1 Å². The Balaban J connectivity index is 1.26. The number of carbonyl (C=O) groups excluding carboxylic acids is 3. The van der Waals surface area contributed by atoms with Crippen molar-refractivity contribution in [3.8, 4) is 5.75 Å². The van der Waals surface area contributed by atoms with Gasteiger partial charge in [-0.3, -0.25) is 19.1 Å². The molecule has 5 atom stereocenters. The zero-order valence-electron chi connectivity index (χ0n) is 33.5. The summed E-state index contributed by atoms with van der Waals surface area (Å²) in [5.41, 5.74) is 2.63. The number of nitrogens with zero attached hydrogens (tertiary/aromatic N) is 5. The summed E-state index contributed by atoms with van der Waals surface area (Å²) in [7, 11) is 0.610. The first-order valence-electron chi connectivity index (χ1n) is 20.0. The molecule has 302 valence electrons. The molecule has 0 bridgehead atoms. The van der Waals surface area contributed by atoms with E-state index < -0.39 is 13.7 Å². The van der Waals surface area contributed by atoms with E-state index in [9.17, 15) is 14.7 Å². The molecule has 2 fully saturated rings. The maximum Gasteiger partial charge on any atom is 0.305 e. The number of benzene rings is 3. The van der Waals surface area contributed by atoms with E-state index in [-0.39, 0.29) is 60.8 Å². The van der Waals surface area contributed by atoms with E-state index in [1.165, 1.54) is 12.3 Å². The van der Waals surface area contributed by atoms with E-state index in [1.807, 2.05) is 76.4 Å². The number of hydrogen-bond acceptors (Lipinski definition) is 10. The first kappa shape index (κ1) is 40.3. The summed E-state index contributed by atoms with van der Waals surface area (Å²) in [6.07, 6.45) is 3.58. The predicted octanol–water partition coefficient (Wildman–Crippen LogP) is 4.34. The molecule has 0 saturated carbocycles. The predicted molar refractivity (Wildman–Crippen MR) is 219 cm³/mol. The summed E-state index contributed by atoms with van der Waals surface area (Å²) in [6.45, 7) is 9.12. The van der Waals surface area contributed by atoms with Gasteiger partial charge < -0.3 is 34.4 Å². The molecule has 3 aromatic carbocycles. The van der Waals surface area contributed by atoms with E-state index in [1.54, 1.807) is 12.0 Å². The van der Waals surface area contributed by atoms with Gasteiger partial charge in [0.05, 0.1) is 58.8 Å². The molecule has 1 spiro atoms. The van der Waals surface area contributed by atoms with Gasteiger partial charge in [0.1, 0.15) is 5.75 Å². The van der Waals surface area contributed by atoms with Crippen molar-refractivity contribution in [2.75, 3.05) is 56.8 Å². The lowest BCUT2D eigenvalue weighted by molar-refractivity contribution is -0.146. The maximum absolute atomic E-state index is 15.3. The van der Waals surface area contributed by atoms with Crippen molar-refractivity contribution >= 4 is 42.4 Å². The van der Waals surface area contributed by atoms with Gasteiger partial charge in [-0.25, -0.2) is 0 Å². The third-order valence-corrected chi connectivity index (χ3v) is 16.8. The fourth-order valence-electron chi connectivity index (χ4n) is 9.38. The minimum Gasteiger partial charge on any atom is -0.497 e. The van der Waals surface area contributed by atoms with Crippen LogP contribution in [0.2, 0.25) is 18.6 Å². The molecule has 2 amide bonds. The monoisotopic (exact) mass is 794 g/mol. The lowest BCUT2D eigenvalue weighted by Gasteiger charge is -2.37. The Morgan fingerprint density at radius 1 is 1.05 bits per heavy atom. The van der Waals surface area contributed by atoms with Gasteiger partial charge in [0.15, 0.2) is 5.60 Å². The standard InChI is InChI=1S/C43H54N6O7Si/c1-29-41(57(4,5)33-17-15-32(54-2)16-18-33)38(20-23-47-27-36(45-46-47)34(28-50)30-11-7-6-8-12-30)56-43(29)35-25-31(48-24-21-44-26-39(48)51)14-19-37(35)49(42(43)53)22-10-9-13-40(52)55-3/h6-8,11-12,14-19,25,27,29,34,38,41,44,50H,9-10,13,20-24,26,28H2,1-5H3/t29-,34?,38+,41-,43+/m0/s1. The van der Waals surface area contributed by atoms with Crippen molar-refractivity contribution in [2.45, 2.75) is 75.4 Å². The van der Waals surface area contributed by atoms with Crippen LogP contribution in [0.25, 0.3) is 0 Å². The zero-order chi connectivity index (χ0) is 40.3. The lowest BCUT2D eigenvalue weighted by Crippen LogP contribution is -2.52.